The number of likely N-dealkylation sites (tertiary alicyclic amines) is 1. The van der Waals surface area contributed by atoms with Crippen molar-refractivity contribution in [3.8, 4) is 0 Å². The minimum Gasteiger partial charge on any atom is -0.444 e. The molecule has 0 bridgehead atoms. The molecule has 0 radical (unpaired) electrons. The number of likely N-dealkylation sites (N-methyl/N-ethyl adjacent to an activating group) is 1. The molecule has 3 N–H and O–H groups in total. The number of hydrogen-bond donors (Lipinski definition) is 3. The molecule has 0 aromatic heterocycles. The maximum absolute atomic E-state index is 12.8. The molecule has 2 aliphatic rings. The third-order valence-corrected chi connectivity index (χ3v) is 4.94. The zero-order valence-corrected chi connectivity index (χ0v) is 17.0. The third kappa shape index (κ3) is 4.82. The second kappa shape index (κ2) is 8.20. The number of alkyl carbamates (subject to hydrolysis) is 1. The third-order valence-electron chi connectivity index (χ3n) is 4.94. The molecule has 1 saturated heterocycles. The molecule has 0 unspecified atom stereocenters. The van der Waals surface area contributed by atoms with Crippen LogP contribution >= 0.6 is 0 Å². The van der Waals surface area contributed by atoms with Gasteiger partial charge in [0.25, 0.3) is 0 Å². The summed E-state index contributed by atoms with van der Waals surface area (Å²) in [6, 6.07) is -0.666. The number of amides is 4. The summed E-state index contributed by atoms with van der Waals surface area (Å²) in [5.74, 6) is -1.13. The van der Waals surface area contributed by atoms with Crippen LogP contribution in [0.2, 0.25) is 0 Å². The fraction of sp³-hybridized carbons (Fsp3) is 0.684. The van der Waals surface area contributed by atoms with Crippen molar-refractivity contribution in [2.75, 3.05) is 20.1 Å². The standard InChI is InChI=1S/C19H30N4O5/c1-6-12-10-19(12,16(26)20-5)22-15(25)13-8-7-9-23(13)14(24)11-21-17(27)28-18(2,3)4/h6,12-13H,1,7-11H2,2-5H3,(H,20,26)(H,21,27)(H,22,25)/t12-,13+,19-/m1/s1. The Labute approximate surface area is 165 Å². The van der Waals surface area contributed by atoms with E-state index in [0.717, 1.165) is 0 Å². The number of hydrogen-bond acceptors (Lipinski definition) is 5. The molecule has 1 aliphatic heterocycles. The van der Waals surface area contributed by atoms with Gasteiger partial charge in [-0.3, -0.25) is 14.4 Å². The van der Waals surface area contributed by atoms with E-state index in [1.807, 2.05) is 0 Å². The van der Waals surface area contributed by atoms with Gasteiger partial charge in [-0.05, 0) is 40.0 Å². The Morgan fingerprint density at radius 2 is 1.96 bits per heavy atom. The summed E-state index contributed by atoms with van der Waals surface area (Å²) in [5, 5.41) is 7.80. The highest BCUT2D eigenvalue weighted by atomic mass is 16.6. The largest absolute Gasteiger partial charge is 0.444 e. The van der Waals surface area contributed by atoms with Gasteiger partial charge >= 0.3 is 6.09 Å². The topological polar surface area (TPSA) is 117 Å². The van der Waals surface area contributed by atoms with E-state index in [4.69, 9.17) is 4.74 Å². The Bertz CT molecular complexity index is 672. The van der Waals surface area contributed by atoms with E-state index in [1.165, 1.54) is 11.9 Å². The SMILES string of the molecule is C=C[C@@H]1C[C@]1(NC(=O)[C@@H]1CCCN1C(=O)CNC(=O)OC(C)(C)C)C(=O)NC. The molecule has 4 amide bonds. The fourth-order valence-corrected chi connectivity index (χ4v) is 3.46. The first-order valence-electron chi connectivity index (χ1n) is 9.47. The van der Waals surface area contributed by atoms with Crippen molar-refractivity contribution in [3.63, 3.8) is 0 Å². The number of carbonyl (C=O) groups is 4. The molecule has 0 aromatic carbocycles. The molecule has 9 heteroatoms. The van der Waals surface area contributed by atoms with E-state index < -0.39 is 23.3 Å². The summed E-state index contributed by atoms with van der Waals surface area (Å²) in [5.41, 5.74) is -1.65. The van der Waals surface area contributed by atoms with Crippen LogP contribution in [0.25, 0.3) is 0 Å². The maximum atomic E-state index is 12.8. The Morgan fingerprint density at radius 1 is 1.29 bits per heavy atom. The van der Waals surface area contributed by atoms with Gasteiger partial charge in [-0.25, -0.2) is 4.79 Å². The summed E-state index contributed by atoms with van der Waals surface area (Å²) in [7, 11) is 1.52. The monoisotopic (exact) mass is 394 g/mol. The van der Waals surface area contributed by atoms with E-state index in [1.54, 1.807) is 26.8 Å². The van der Waals surface area contributed by atoms with Crippen LogP contribution in [0, 0.1) is 5.92 Å². The first-order chi connectivity index (χ1) is 13.0. The van der Waals surface area contributed by atoms with Gasteiger partial charge < -0.3 is 25.6 Å². The molecule has 2 fully saturated rings. The van der Waals surface area contributed by atoms with Crippen molar-refractivity contribution in [2.24, 2.45) is 5.92 Å². The molecule has 0 spiro atoms. The summed E-state index contributed by atoms with van der Waals surface area (Å²) in [6.07, 6.45) is 2.63. The fourth-order valence-electron chi connectivity index (χ4n) is 3.46. The Morgan fingerprint density at radius 3 is 2.50 bits per heavy atom. The molecule has 0 aromatic rings. The van der Waals surface area contributed by atoms with E-state index in [-0.39, 0.29) is 30.2 Å². The summed E-state index contributed by atoms with van der Waals surface area (Å²) in [6.45, 7) is 9.05. The zero-order chi connectivity index (χ0) is 21.1. The predicted octanol–water partition coefficient (Wildman–Crippen LogP) is 0.309. The van der Waals surface area contributed by atoms with Gasteiger partial charge in [-0.2, -0.15) is 0 Å². The zero-order valence-electron chi connectivity index (χ0n) is 17.0. The van der Waals surface area contributed by atoms with Crippen LogP contribution in [-0.2, 0) is 19.1 Å². The van der Waals surface area contributed by atoms with Crippen molar-refractivity contribution in [2.45, 2.75) is 57.2 Å². The van der Waals surface area contributed by atoms with Gasteiger partial charge in [-0.15, -0.1) is 6.58 Å². The molecule has 2 rings (SSSR count). The second-order valence-electron chi connectivity index (χ2n) is 8.19. The van der Waals surface area contributed by atoms with Gasteiger partial charge in [0.15, 0.2) is 0 Å². The minimum atomic E-state index is -0.986. The van der Waals surface area contributed by atoms with Crippen molar-refractivity contribution in [1.29, 1.82) is 0 Å². The van der Waals surface area contributed by atoms with Crippen LogP contribution in [0.1, 0.15) is 40.0 Å². The van der Waals surface area contributed by atoms with Gasteiger partial charge in [-0.1, -0.05) is 6.08 Å². The summed E-state index contributed by atoms with van der Waals surface area (Å²) < 4.78 is 5.11. The molecule has 9 nitrogen and oxygen atoms in total. The first kappa shape index (κ1) is 21.7. The predicted molar refractivity (Wildman–Crippen MR) is 102 cm³/mol. The normalized spacial score (nSPS) is 26.2. The van der Waals surface area contributed by atoms with Gasteiger partial charge in [0.05, 0.1) is 0 Å². The molecule has 28 heavy (non-hydrogen) atoms. The quantitative estimate of drug-likeness (QED) is 0.561. The number of ether oxygens (including phenoxy) is 1. The summed E-state index contributed by atoms with van der Waals surface area (Å²) >= 11 is 0. The maximum Gasteiger partial charge on any atom is 0.408 e. The lowest BCUT2D eigenvalue weighted by Crippen LogP contribution is -2.56. The van der Waals surface area contributed by atoms with Crippen LogP contribution in [0.4, 0.5) is 4.79 Å². The number of rotatable bonds is 6. The number of carbonyl (C=O) groups excluding carboxylic acids is 4. The van der Waals surface area contributed by atoms with Crippen molar-refractivity contribution in [1.82, 2.24) is 20.9 Å². The van der Waals surface area contributed by atoms with Crippen LogP contribution in [0.3, 0.4) is 0 Å². The van der Waals surface area contributed by atoms with E-state index >= 15 is 0 Å². The molecule has 1 aliphatic carbocycles. The Kier molecular flexibility index (Phi) is 6.36. The Balaban J connectivity index is 1.95. The van der Waals surface area contributed by atoms with Crippen LogP contribution < -0.4 is 16.0 Å². The highest BCUT2D eigenvalue weighted by molar-refractivity contribution is 5.97. The van der Waals surface area contributed by atoms with Crippen LogP contribution in [0.15, 0.2) is 12.7 Å². The van der Waals surface area contributed by atoms with E-state index in [0.29, 0.717) is 25.8 Å². The van der Waals surface area contributed by atoms with Crippen LogP contribution in [0.5, 0.6) is 0 Å². The smallest absolute Gasteiger partial charge is 0.408 e. The number of nitrogens with one attached hydrogen (secondary N) is 3. The summed E-state index contributed by atoms with van der Waals surface area (Å²) in [4.78, 5) is 50.7. The van der Waals surface area contributed by atoms with Gasteiger partial charge in [0.2, 0.25) is 17.7 Å². The average molecular weight is 394 g/mol. The van der Waals surface area contributed by atoms with E-state index in [2.05, 4.69) is 22.5 Å². The second-order valence-corrected chi connectivity index (χ2v) is 8.19. The van der Waals surface area contributed by atoms with Crippen LogP contribution in [-0.4, -0.2) is 66.0 Å². The Hall–Kier alpha value is -2.58. The molecule has 1 saturated carbocycles. The minimum absolute atomic E-state index is 0.129. The molecular weight excluding hydrogens is 364 g/mol. The highest BCUT2D eigenvalue weighted by Gasteiger charge is 2.60. The molecular formula is C19H30N4O5. The molecule has 3 atom stereocenters. The molecule has 156 valence electrons. The lowest BCUT2D eigenvalue weighted by atomic mass is 10.1. The van der Waals surface area contributed by atoms with Gasteiger partial charge in [0, 0.05) is 19.5 Å². The average Bonchev–Trinajstić information content (AvgIpc) is 3.10. The van der Waals surface area contributed by atoms with E-state index in [9.17, 15) is 19.2 Å². The van der Waals surface area contributed by atoms with Crippen molar-refractivity contribution < 1.29 is 23.9 Å². The lowest BCUT2D eigenvalue weighted by Gasteiger charge is -2.27. The highest BCUT2D eigenvalue weighted by Crippen LogP contribution is 2.44. The van der Waals surface area contributed by atoms with Crippen molar-refractivity contribution >= 4 is 23.8 Å². The number of nitrogens with zero attached hydrogens (tertiary/aromatic N) is 1. The van der Waals surface area contributed by atoms with Crippen molar-refractivity contribution in [3.05, 3.63) is 12.7 Å². The first-order valence-corrected chi connectivity index (χ1v) is 9.47. The van der Waals surface area contributed by atoms with Gasteiger partial charge in [0.1, 0.15) is 23.7 Å². The molecule has 1 heterocycles. The lowest BCUT2D eigenvalue weighted by molar-refractivity contribution is -0.139.